The minimum absolute atomic E-state index is 0.473. The average Bonchev–Trinajstić information content (AvgIpc) is 3.00. The first-order valence-electron chi connectivity index (χ1n) is 8.35. The summed E-state index contributed by atoms with van der Waals surface area (Å²) in [6.45, 7) is 1.22. The van der Waals surface area contributed by atoms with Crippen LogP contribution in [0.2, 0.25) is 0 Å². The number of aliphatic imine (C=N–C) groups is 1. The molecule has 0 unspecified atom stereocenters. The molecule has 0 aliphatic rings. The molecule has 0 atom stereocenters. The Labute approximate surface area is 151 Å². The molecule has 0 saturated carbocycles. The van der Waals surface area contributed by atoms with E-state index in [2.05, 4.69) is 15.4 Å². The van der Waals surface area contributed by atoms with Gasteiger partial charge in [0.05, 0.1) is 11.8 Å². The molecule has 1 aromatic heterocycles. The normalized spacial score (nSPS) is 12.3. The molecule has 0 spiro atoms. The van der Waals surface area contributed by atoms with Crippen LogP contribution < -0.4 is 5.32 Å². The van der Waals surface area contributed by atoms with Crippen LogP contribution in [-0.2, 0) is 26.2 Å². The van der Waals surface area contributed by atoms with Crippen LogP contribution in [-0.4, -0.2) is 41.3 Å². The Morgan fingerprint density at radius 1 is 1.23 bits per heavy atom. The standard InChI is InChI=1S/C18H24F3N5/c1-22-17(23-10-4-5-15-11-24-26(3)13-15)25(2)12-14-6-8-16(9-7-14)18(19,20)21/h6-9,11,13H,4-5,10,12H2,1-3H3,(H,22,23). The van der Waals surface area contributed by atoms with E-state index in [1.807, 2.05) is 31.4 Å². The fraction of sp³-hybridized carbons (Fsp3) is 0.444. The molecule has 1 N–H and O–H groups in total. The summed E-state index contributed by atoms with van der Waals surface area (Å²) in [5.74, 6) is 0.705. The molecule has 26 heavy (non-hydrogen) atoms. The van der Waals surface area contributed by atoms with Gasteiger partial charge in [-0.3, -0.25) is 9.67 Å². The molecule has 0 amide bonds. The van der Waals surface area contributed by atoms with Crippen LogP contribution in [0.3, 0.4) is 0 Å². The van der Waals surface area contributed by atoms with E-state index in [0.29, 0.717) is 12.5 Å². The van der Waals surface area contributed by atoms with Gasteiger partial charge in [-0.1, -0.05) is 12.1 Å². The molecule has 1 heterocycles. The first-order chi connectivity index (χ1) is 12.3. The summed E-state index contributed by atoms with van der Waals surface area (Å²) < 4.78 is 39.6. The monoisotopic (exact) mass is 367 g/mol. The number of hydrogen-bond donors (Lipinski definition) is 1. The van der Waals surface area contributed by atoms with Crippen molar-refractivity contribution in [2.24, 2.45) is 12.0 Å². The van der Waals surface area contributed by atoms with Gasteiger partial charge in [0, 0.05) is 40.4 Å². The van der Waals surface area contributed by atoms with Gasteiger partial charge in [-0.25, -0.2) is 0 Å². The molecule has 2 aromatic rings. The Morgan fingerprint density at radius 3 is 2.46 bits per heavy atom. The van der Waals surface area contributed by atoms with Crippen LogP contribution in [0.1, 0.15) is 23.1 Å². The number of hydrogen-bond acceptors (Lipinski definition) is 2. The fourth-order valence-corrected chi connectivity index (χ4v) is 2.63. The number of aromatic nitrogens is 2. The van der Waals surface area contributed by atoms with Crippen LogP contribution in [0, 0.1) is 0 Å². The molecule has 0 aliphatic carbocycles. The second-order valence-corrected chi connectivity index (χ2v) is 6.15. The van der Waals surface area contributed by atoms with Gasteiger partial charge in [-0.15, -0.1) is 0 Å². The lowest BCUT2D eigenvalue weighted by atomic mass is 10.1. The summed E-state index contributed by atoms with van der Waals surface area (Å²) in [4.78, 5) is 6.11. The van der Waals surface area contributed by atoms with E-state index < -0.39 is 11.7 Å². The number of halogens is 3. The minimum Gasteiger partial charge on any atom is -0.356 e. The van der Waals surface area contributed by atoms with Crippen LogP contribution in [0.4, 0.5) is 13.2 Å². The molecule has 2 rings (SSSR count). The Hall–Kier alpha value is -2.51. The van der Waals surface area contributed by atoms with Gasteiger partial charge in [0.1, 0.15) is 0 Å². The number of aryl methyl sites for hydroxylation is 2. The lowest BCUT2D eigenvalue weighted by molar-refractivity contribution is -0.137. The first kappa shape index (κ1) is 19.8. The van der Waals surface area contributed by atoms with Gasteiger partial charge >= 0.3 is 6.18 Å². The average molecular weight is 367 g/mol. The Balaban J connectivity index is 1.81. The molecule has 0 radical (unpaired) electrons. The Morgan fingerprint density at radius 2 is 1.92 bits per heavy atom. The highest BCUT2D eigenvalue weighted by Gasteiger charge is 2.29. The van der Waals surface area contributed by atoms with Gasteiger partial charge in [-0.05, 0) is 36.1 Å². The maximum atomic E-state index is 12.6. The van der Waals surface area contributed by atoms with Gasteiger partial charge in [0.2, 0.25) is 0 Å². The predicted molar refractivity (Wildman–Crippen MR) is 95.8 cm³/mol. The number of alkyl halides is 3. The number of benzene rings is 1. The van der Waals surface area contributed by atoms with Crippen molar-refractivity contribution in [2.75, 3.05) is 20.6 Å². The van der Waals surface area contributed by atoms with Crippen LogP contribution in [0.25, 0.3) is 0 Å². The Kier molecular flexibility index (Phi) is 6.65. The van der Waals surface area contributed by atoms with Crippen molar-refractivity contribution in [1.82, 2.24) is 20.0 Å². The van der Waals surface area contributed by atoms with Crippen molar-refractivity contribution in [3.8, 4) is 0 Å². The van der Waals surface area contributed by atoms with Crippen molar-refractivity contribution in [1.29, 1.82) is 0 Å². The smallest absolute Gasteiger partial charge is 0.356 e. The van der Waals surface area contributed by atoms with Gasteiger partial charge in [0.25, 0.3) is 0 Å². The van der Waals surface area contributed by atoms with Crippen molar-refractivity contribution < 1.29 is 13.2 Å². The maximum Gasteiger partial charge on any atom is 0.416 e. The molecule has 142 valence electrons. The maximum absolute atomic E-state index is 12.6. The fourth-order valence-electron chi connectivity index (χ4n) is 2.63. The number of nitrogens with zero attached hydrogens (tertiary/aromatic N) is 4. The second-order valence-electron chi connectivity index (χ2n) is 6.15. The quantitative estimate of drug-likeness (QED) is 0.485. The summed E-state index contributed by atoms with van der Waals surface area (Å²) >= 11 is 0. The van der Waals surface area contributed by atoms with E-state index in [1.54, 1.807) is 11.7 Å². The second kappa shape index (κ2) is 8.73. The number of nitrogens with one attached hydrogen (secondary N) is 1. The summed E-state index contributed by atoms with van der Waals surface area (Å²) in [5, 5.41) is 7.41. The number of rotatable bonds is 6. The van der Waals surface area contributed by atoms with Gasteiger partial charge in [0.15, 0.2) is 5.96 Å². The highest BCUT2D eigenvalue weighted by atomic mass is 19.4. The van der Waals surface area contributed by atoms with Crippen LogP contribution >= 0.6 is 0 Å². The summed E-state index contributed by atoms with van der Waals surface area (Å²) in [5.41, 5.74) is 1.34. The largest absolute Gasteiger partial charge is 0.416 e. The molecule has 0 aliphatic heterocycles. The van der Waals surface area contributed by atoms with Crippen LogP contribution in [0.5, 0.6) is 0 Å². The molecule has 0 saturated heterocycles. The lowest BCUT2D eigenvalue weighted by Gasteiger charge is -2.22. The molecule has 5 nitrogen and oxygen atoms in total. The molecule has 0 bridgehead atoms. The third-order valence-electron chi connectivity index (χ3n) is 3.96. The lowest BCUT2D eigenvalue weighted by Crippen LogP contribution is -2.39. The predicted octanol–water partition coefficient (Wildman–Crippen LogP) is 3.08. The van der Waals surface area contributed by atoms with E-state index in [0.717, 1.165) is 37.1 Å². The zero-order chi connectivity index (χ0) is 19.2. The number of guanidine groups is 1. The van der Waals surface area contributed by atoms with Crippen molar-refractivity contribution in [3.05, 3.63) is 53.3 Å². The van der Waals surface area contributed by atoms with E-state index in [4.69, 9.17) is 0 Å². The zero-order valence-electron chi connectivity index (χ0n) is 15.2. The SMILES string of the molecule is CN=C(NCCCc1cnn(C)c1)N(C)Cc1ccc(C(F)(F)F)cc1. The van der Waals surface area contributed by atoms with Crippen molar-refractivity contribution in [3.63, 3.8) is 0 Å². The summed E-state index contributed by atoms with van der Waals surface area (Å²) in [6, 6.07) is 5.20. The summed E-state index contributed by atoms with van der Waals surface area (Å²) in [7, 11) is 5.43. The molecule has 0 fully saturated rings. The van der Waals surface area contributed by atoms with Crippen LogP contribution in [0.15, 0.2) is 41.7 Å². The van der Waals surface area contributed by atoms with Gasteiger partial charge in [-0.2, -0.15) is 18.3 Å². The third-order valence-corrected chi connectivity index (χ3v) is 3.96. The van der Waals surface area contributed by atoms with E-state index in [9.17, 15) is 13.2 Å². The minimum atomic E-state index is -4.31. The Bertz CT molecular complexity index is 719. The van der Waals surface area contributed by atoms with Gasteiger partial charge < -0.3 is 10.2 Å². The molecule has 1 aromatic carbocycles. The first-order valence-corrected chi connectivity index (χ1v) is 8.35. The zero-order valence-corrected chi connectivity index (χ0v) is 15.2. The van der Waals surface area contributed by atoms with E-state index >= 15 is 0 Å². The molecule has 8 heteroatoms. The van der Waals surface area contributed by atoms with E-state index in [1.165, 1.54) is 17.7 Å². The highest BCUT2D eigenvalue weighted by Crippen LogP contribution is 2.29. The van der Waals surface area contributed by atoms with Crippen molar-refractivity contribution >= 4 is 5.96 Å². The highest BCUT2D eigenvalue weighted by molar-refractivity contribution is 5.79. The van der Waals surface area contributed by atoms with Crippen molar-refractivity contribution in [2.45, 2.75) is 25.6 Å². The third kappa shape index (κ3) is 5.79. The topological polar surface area (TPSA) is 45.5 Å². The van der Waals surface area contributed by atoms with E-state index in [-0.39, 0.29) is 0 Å². The molecular weight excluding hydrogens is 343 g/mol. The molecular formula is C18H24F3N5. The summed E-state index contributed by atoms with van der Waals surface area (Å²) in [6.07, 6.45) is 1.38.